The second kappa shape index (κ2) is 9.15. The standard InChI is InChI=1S/C19H22N2O4S/c1-4-13(3)20-19(24)21-16(22)11-25-18(23)17-15(9-10-26-17)14-7-5-12(2)6-8-14/h5-10,13H,4,11H2,1-3H3,(H2,20,21,22,24)/t13-/m0/s1. The lowest BCUT2D eigenvalue weighted by Gasteiger charge is -2.11. The number of nitrogens with one attached hydrogen (secondary N) is 2. The molecule has 0 fully saturated rings. The number of aryl methyl sites for hydroxylation is 1. The van der Waals surface area contributed by atoms with Crippen LogP contribution in [0.2, 0.25) is 0 Å². The number of hydrogen-bond acceptors (Lipinski definition) is 5. The van der Waals surface area contributed by atoms with Crippen molar-refractivity contribution in [1.82, 2.24) is 10.6 Å². The highest BCUT2D eigenvalue weighted by atomic mass is 32.1. The summed E-state index contributed by atoms with van der Waals surface area (Å²) in [6, 6.07) is 8.98. The number of hydrogen-bond donors (Lipinski definition) is 2. The summed E-state index contributed by atoms with van der Waals surface area (Å²) in [5.74, 6) is -1.26. The lowest BCUT2D eigenvalue weighted by atomic mass is 10.1. The topological polar surface area (TPSA) is 84.5 Å². The molecule has 0 spiro atoms. The molecule has 0 radical (unpaired) electrons. The molecule has 7 heteroatoms. The van der Waals surface area contributed by atoms with E-state index in [9.17, 15) is 14.4 Å². The van der Waals surface area contributed by atoms with Gasteiger partial charge in [-0.05, 0) is 37.3 Å². The Hall–Kier alpha value is -2.67. The Bertz CT molecular complexity index is 783. The first-order valence-corrected chi connectivity index (χ1v) is 9.20. The van der Waals surface area contributed by atoms with Crippen molar-refractivity contribution in [2.75, 3.05) is 6.61 Å². The summed E-state index contributed by atoms with van der Waals surface area (Å²) in [5.41, 5.74) is 2.79. The maximum absolute atomic E-state index is 12.3. The Morgan fingerprint density at radius 3 is 2.50 bits per heavy atom. The number of benzene rings is 1. The molecule has 3 amide bonds. The van der Waals surface area contributed by atoms with Gasteiger partial charge in [-0.1, -0.05) is 36.8 Å². The average Bonchev–Trinajstić information content (AvgIpc) is 3.09. The van der Waals surface area contributed by atoms with Gasteiger partial charge in [0.25, 0.3) is 5.91 Å². The summed E-state index contributed by atoms with van der Waals surface area (Å²) in [6.45, 7) is 5.22. The first kappa shape index (κ1) is 19.7. The minimum atomic E-state index is -0.674. The van der Waals surface area contributed by atoms with E-state index in [4.69, 9.17) is 4.74 Å². The van der Waals surface area contributed by atoms with Crippen molar-refractivity contribution in [3.05, 3.63) is 46.2 Å². The number of imide groups is 1. The summed E-state index contributed by atoms with van der Waals surface area (Å²) < 4.78 is 5.05. The van der Waals surface area contributed by atoms with Crippen LogP contribution >= 0.6 is 11.3 Å². The molecular formula is C19H22N2O4S. The largest absolute Gasteiger partial charge is 0.451 e. The predicted molar refractivity (Wildman–Crippen MR) is 101 cm³/mol. The van der Waals surface area contributed by atoms with E-state index in [2.05, 4.69) is 10.6 Å². The molecule has 0 saturated heterocycles. The molecule has 1 atom stereocenters. The number of carbonyl (C=O) groups is 3. The zero-order valence-corrected chi connectivity index (χ0v) is 15.8. The van der Waals surface area contributed by atoms with Crippen LogP contribution in [0.25, 0.3) is 11.1 Å². The van der Waals surface area contributed by atoms with Crippen molar-refractivity contribution in [1.29, 1.82) is 0 Å². The average molecular weight is 374 g/mol. The molecule has 2 aromatic rings. The number of ether oxygens (including phenoxy) is 1. The Balaban J connectivity index is 1.93. The zero-order valence-electron chi connectivity index (χ0n) is 15.0. The van der Waals surface area contributed by atoms with Crippen LogP contribution in [0.1, 0.15) is 35.5 Å². The fraction of sp³-hybridized carbons (Fsp3) is 0.316. The van der Waals surface area contributed by atoms with Gasteiger partial charge >= 0.3 is 12.0 Å². The van der Waals surface area contributed by atoms with Crippen LogP contribution in [0.4, 0.5) is 4.79 Å². The van der Waals surface area contributed by atoms with Gasteiger partial charge in [-0.3, -0.25) is 10.1 Å². The maximum Gasteiger partial charge on any atom is 0.349 e. The van der Waals surface area contributed by atoms with Gasteiger partial charge in [0.1, 0.15) is 4.88 Å². The third-order valence-corrected chi connectivity index (χ3v) is 4.68. The molecule has 0 aliphatic heterocycles. The maximum atomic E-state index is 12.3. The van der Waals surface area contributed by atoms with Gasteiger partial charge < -0.3 is 10.1 Å². The molecular weight excluding hydrogens is 352 g/mol. The van der Waals surface area contributed by atoms with Crippen LogP contribution in [-0.4, -0.2) is 30.6 Å². The molecule has 0 bridgehead atoms. The third kappa shape index (κ3) is 5.42. The van der Waals surface area contributed by atoms with Crippen molar-refractivity contribution >= 4 is 29.2 Å². The van der Waals surface area contributed by atoms with Crippen LogP contribution in [-0.2, 0) is 9.53 Å². The first-order chi connectivity index (χ1) is 12.4. The Morgan fingerprint density at radius 1 is 1.15 bits per heavy atom. The molecule has 1 aromatic heterocycles. The molecule has 2 N–H and O–H groups in total. The number of carbonyl (C=O) groups excluding carboxylic acids is 3. The van der Waals surface area contributed by atoms with Crippen LogP contribution in [0.3, 0.4) is 0 Å². The van der Waals surface area contributed by atoms with E-state index in [0.29, 0.717) is 4.88 Å². The molecule has 138 valence electrons. The van der Waals surface area contributed by atoms with Gasteiger partial charge in [-0.15, -0.1) is 11.3 Å². The molecule has 26 heavy (non-hydrogen) atoms. The van der Waals surface area contributed by atoms with Crippen LogP contribution < -0.4 is 10.6 Å². The second-order valence-corrected chi connectivity index (χ2v) is 6.85. The lowest BCUT2D eigenvalue weighted by molar-refractivity contribution is -0.123. The molecule has 0 saturated carbocycles. The van der Waals surface area contributed by atoms with E-state index in [1.54, 1.807) is 5.38 Å². The molecule has 1 heterocycles. The lowest BCUT2D eigenvalue weighted by Crippen LogP contribution is -2.44. The fourth-order valence-corrected chi connectivity index (χ4v) is 2.96. The van der Waals surface area contributed by atoms with Crippen molar-refractivity contribution in [2.45, 2.75) is 33.2 Å². The Kier molecular flexibility index (Phi) is 6.91. The molecule has 0 aliphatic rings. The van der Waals surface area contributed by atoms with Gasteiger partial charge in [0, 0.05) is 11.6 Å². The third-order valence-electron chi connectivity index (χ3n) is 3.79. The highest BCUT2D eigenvalue weighted by Gasteiger charge is 2.18. The number of esters is 1. The summed E-state index contributed by atoms with van der Waals surface area (Å²) in [7, 11) is 0. The minimum absolute atomic E-state index is 0.0477. The predicted octanol–water partition coefficient (Wildman–Crippen LogP) is 3.50. The van der Waals surface area contributed by atoms with Gasteiger partial charge in [0.15, 0.2) is 6.61 Å². The van der Waals surface area contributed by atoms with E-state index in [1.165, 1.54) is 11.3 Å². The summed E-state index contributed by atoms with van der Waals surface area (Å²) in [5, 5.41) is 6.53. The number of thiophene rings is 1. The highest BCUT2D eigenvalue weighted by molar-refractivity contribution is 7.12. The van der Waals surface area contributed by atoms with Gasteiger partial charge in [0.05, 0.1) is 0 Å². The summed E-state index contributed by atoms with van der Waals surface area (Å²) >= 11 is 1.25. The number of rotatable bonds is 6. The van der Waals surface area contributed by atoms with Crippen LogP contribution in [0.5, 0.6) is 0 Å². The fourth-order valence-electron chi connectivity index (χ4n) is 2.15. The Morgan fingerprint density at radius 2 is 1.85 bits per heavy atom. The molecule has 2 rings (SSSR count). The van der Waals surface area contributed by atoms with E-state index >= 15 is 0 Å². The van der Waals surface area contributed by atoms with E-state index in [1.807, 2.05) is 51.1 Å². The van der Waals surface area contributed by atoms with Crippen LogP contribution in [0.15, 0.2) is 35.7 Å². The normalized spacial score (nSPS) is 11.5. The van der Waals surface area contributed by atoms with Crippen molar-refractivity contribution in [3.8, 4) is 11.1 Å². The molecule has 1 aromatic carbocycles. The van der Waals surface area contributed by atoms with E-state index in [-0.39, 0.29) is 6.04 Å². The first-order valence-electron chi connectivity index (χ1n) is 8.32. The smallest absolute Gasteiger partial charge is 0.349 e. The van der Waals surface area contributed by atoms with Crippen molar-refractivity contribution in [3.63, 3.8) is 0 Å². The van der Waals surface area contributed by atoms with Crippen molar-refractivity contribution in [2.24, 2.45) is 0 Å². The summed E-state index contributed by atoms with van der Waals surface area (Å²) in [4.78, 5) is 36.0. The monoisotopic (exact) mass is 374 g/mol. The quantitative estimate of drug-likeness (QED) is 0.758. The minimum Gasteiger partial charge on any atom is -0.451 e. The molecule has 6 nitrogen and oxygen atoms in total. The number of amides is 3. The van der Waals surface area contributed by atoms with Crippen molar-refractivity contribution < 1.29 is 19.1 Å². The molecule has 0 aliphatic carbocycles. The zero-order chi connectivity index (χ0) is 19.1. The number of urea groups is 1. The van der Waals surface area contributed by atoms with E-state index < -0.39 is 24.5 Å². The van der Waals surface area contributed by atoms with Gasteiger partial charge in [-0.25, -0.2) is 9.59 Å². The SMILES string of the molecule is CC[C@H](C)NC(=O)NC(=O)COC(=O)c1sccc1-c1ccc(C)cc1. The van der Waals surface area contributed by atoms with Gasteiger partial charge in [-0.2, -0.15) is 0 Å². The second-order valence-electron chi connectivity index (χ2n) is 5.94. The highest BCUT2D eigenvalue weighted by Crippen LogP contribution is 2.29. The van der Waals surface area contributed by atoms with E-state index in [0.717, 1.165) is 23.1 Å². The summed E-state index contributed by atoms with van der Waals surface area (Å²) in [6.07, 6.45) is 0.747. The Labute approximate surface area is 156 Å². The van der Waals surface area contributed by atoms with Gasteiger partial charge in [0.2, 0.25) is 0 Å². The molecule has 0 unspecified atom stereocenters. The van der Waals surface area contributed by atoms with Crippen LogP contribution in [0, 0.1) is 6.92 Å².